The third-order valence-electron chi connectivity index (χ3n) is 3.76. The van der Waals surface area contributed by atoms with E-state index < -0.39 is 0 Å². The van der Waals surface area contributed by atoms with Crippen molar-refractivity contribution in [1.29, 1.82) is 0 Å². The normalized spacial score (nSPS) is 10.9. The van der Waals surface area contributed by atoms with Crippen LogP contribution in [0.15, 0.2) is 35.8 Å². The molecule has 0 radical (unpaired) electrons. The van der Waals surface area contributed by atoms with E-state index in [1.54, 1.807) is 18.4 Å². The number of nitrogen functional groups attached to an aromatic ring is 2. The number of anilines is 2. The molecule has 130 valence electrons. The van der Waals surface area contributed by atoms with Crippen molar-refractivity contribution in [3.63, 3.8) is 0 Å². The standard InChI is InChI=1S/C18H20N4O2S/c1-10(2)11-7-13(23-3)12(16-5-4-6-25-16)8-14(11)24-15-9-21-18(20)22-17(15)19/h4-10H,1-3H3,(H4,19,20,21,22). The maximum absolute atomic E-state index is 6.04. The summed E-state index contributed by atoms with van der Waals surface area (Å²) >= 11 is 1.64. The number of ether oxygens (including phenoxy) is 2. The van der Waals surface area contributed by atoms with Crippen LogP contribution in [0.5, 0.6) is 17.2 Å². The molecule has 0 fully saturated rings. The predicted octanol–water partition coefficient (Wildman–Crippen LogP) is 4.29. The molecule has 0 saturated carbocycles. The lowest BCUT2D eigenvalue weighted by Gasteiger charge is -2.18. The summed E-state index contributed by atoms with van der Waals surface area (Å²) in [5.74, 6) is 2.42. The highest BCUT2D eigenvalue weighted by molar-refractivity contribution is 7.13. The first kappa shape index (κ1) is 17.0. The summed E-state index contributed by atoms with van der Waals surface area (Å²) in [6.07, 6.45) is 1.48. The first-order valence-corrected chi connectivity index (χ1v) is 8.69. The minimum absolute atomic E-state index is 0.114. The van der Waals surface area contributed by atoms with Crippen LogP contribution in [0, 0.1) is 0 Å². The van der Waals surface area contributed by atoms with E-state index >= 15 is 0 Å². The van der Waals surface area contributed by atoms with Crippen LogP contribution in [0.1, 0.15) is 25.3 Å². The van der Waals surface area contributed by atoms with Gasteiger partial charge in [-0.3, -0.25) is 0 Å². The number of rotatable bonds is 5. The average molecular weight is 356 g/mol. The van der Waals surface area contributed by atoms with Gasteiger partial charge in [-0.25, -0.2) is 4.98 Å². The first-order chi connectivity index (χ1) is 12.0. The fraction of sp³-hybridized carbons (Fsp3) is 0.222. The van der Waals surface area contributed by atoms with Crippen molar-refractivity contribution >= 4 is 23.1 Å². The van der Waals surface area contributed by atoms with Gasteiger partial charge in [-0.1, -0.05) is 19.9 Å². The third kappa shape index (κ3) is 3.51. The molecule has 2 heterocycles. The van der Waals surface area contributed by atoms with Gasteiger partial charge in [0.05, 0.1) is 13.3 Å². The highest BCUT2D eigenvalue weighted by Crippen LogP contribution is 2.42. The van der Waals surface area contributed by atoms with Crippen molar-refractivity contribution in [1.82, 2.24) is 9.97 Å². The van der Waals surface area contributed by atoms with Crippen molar-refractivity contribution < 1.29 is 9.47 Å². The van der Waals surface area contributed by atoms with Crippen molar-refractivity contribution in [2.75, 3.05) is 18.6 Å². The van der Waals surface area contributed by atoms with E-state index in [0.717, 1.165) is 21.8 Å². The minimum atomic E-state index is 0.114. The zero-order valence-corrected chi connectivity index (χ0v) is 15.1. The average Bonchev–Trinajstić information content (AvgIpc) is 3.11. The molecule has 3 rings (SSSR count). The summed E-state index contributed by atoms with van der Waals surface area (Å²) in [6.45, 7) is 4.19. The van der Waals surface area contributed by atoms with Crippen molar-refractivity contribution in [2.45, 2.75) is 19.8 Å². The molecule has 0 spiro atoms. The highest BCUT2D eigenvalue weighted by atomic mass is 32.1. The quantitative estimate of drug-likeness (QED) is 0.708. The lowest BCUT2D eigenvalue weighted by Crippen LogP contribution is -2.03. The number of nitrogens with zero attached hydrogens (tertiary/aromatic N) is 2. The molecule has 0 amide bonds. The largest absolute Gasteiger partial charge is 0.496 e. The number of hydrogen-bond donors (Lipinski definition) is 2. The Labute approximate surface area is 150 Å². The Bertz CT molecular complexity index is 879. The zero-order chi connectivity index (χ0) is 18.0. The maximum Gasteiger partial charge on any atom is 0.222 e. The number of benzene rings is 1. The van der Waals surface area contributed by atoms with Crippen LogP contribution in [0.2, 0.25) is 0 Å². The molecule has 1 aromatic carbocycles. The Morgan fingerprint density at radius 2 is 1.92 bits per heavy atom. The lowest BCUT2D eigenvalue weighted by molar-refractivity contribution is 0.413. The van der Waals surface area contributed by atoms with E-state index in [2.05, 4.69) is 23.8 Å². The van der Waals surface area contributed by atoms with Gasteiger partial charge >= 0.3 is 0 Å². The molecular formula is C18H20N4O2S. The van der Waals surface area contributed by atoms with E-state index in [1.165, 1.54) is 6.20 Å². The SMILES string of the molecule is COc1cc(C(C)C)c(Oc2cnc(N)nc2N)cc1-c1cccs1. The summed E-state index contributed by atoms with van der Waals surface area (Å²) in [7, 11) is 1.67. The van der Waals surface area contributed by atoms with Gasteiger partial charge < -0.3 is 20.9 Å². The van der Waals surface area contributed by atoms with Crippen LogP contribution < -0.4 is 20.9 Å². The van der Waals surface area contributed by atoms with Crippen LogP contribution in [-0.2, 0) is 0 Å². The number of aromatic nitrogens is 2. The smallest absolute Gasteiger partial charge is 0.222 e. The summed E-state index contributed by atoms with van der Waals surface area (Å²) in [5, 5.41) is 2.03. The number of thiophene rings is 1. The van der Waals surface area contributed by atoms with Crippen LogP contribution in [0.25, 0.3) is 10.4 Å². The van der Waals surface area contributed by atoms with Gasteiger partial charge in [-0.05, 0) is 29.5 Å². The molecule has 7 heteroatoms. The highest BCUT2D eigenvalue weighted by Gasteiger charge is 2.18. The summed E-state index contributed by atoms with van der Waals surface area (Å²) < 4.78 is 11.6. The molecular weight excluding hydrogens is 336 g/mol. The fourth-order valence-electron chi connectivity index (χ4n) is 2.50. The summed E-state index contributed by atoms with van der Waals surface area (Å²) in [4.78, 5) is 9.00. The first-order valence-electron chi connectivity index (χ1n) is 7.81. The Kier molecular flexibility index (Phi) is 4.76. The van der Waals surface area contributed by atoms with Gasteiger partial charge in [-0.15, -0.1) is 11.3 Å². The Balaban J connectivity index is 2.11. The molecule has 3 aromatic rings. The second kappa shape index (κ2) is 6.98. The Hall–Kier alpha value is -2.80. The number of nitrogens with two attached hydrogens (primary N) is 2. The molecule has 4 N–H and O–H groups in total. The van der Waals surface area contributed by atoms with E-state index in [1.807, 2.05) is 29.6 Å². The second-order valence-corrected chi connectivity index (χ2v) is 6.75. The molecule has 0 aliphatic rings. The van der Waals surface area contributed by atoms with Gasteiger partial charge in [0.15, 0.2) is 11.6 Å². The third-order valence-corrected chi connectivity index (χ3v) is 4.67. The topological polar surface area (TPSA) is 96.3 Å². The number of hydrogen-bond acceptors (Lipinski definition) is 7. The number of methoxy groups -OCH3 is 1. The van der Waals surface area contributed by atoms with Gasteiger partial charge in [0.1, 0.15) is 11.5 Å². The Morgan fingerprint density at radius 3 is 2.52 bits per heavy atom. The second-order valence-electron chi connectivity index (χ2n) is 5.80. The zero-order valence-electron chi connectivity index (χ0n) is 14.3. The molecule has 0 aliphatic carbocycles. The molecule has 0 saturated heterocycles. The van der Waals surface area contributed by atoms with Gasteiger partial charge in [0.2, 0.25) is 5.95 Å². The summed E-state index contributed by atoms with van der Waals surface area (Å²) in [5.41, 5.74) is 13.4. The Morgan fingerprint density at radius 1 is 1.12 bits per heavy atom. The summed E-state index contributed by atoms with van der Waals surface area (Å²) in [6, 6.07) is 8.02. The molecule has 2 aromatic heterocycles. The van der Waals surface area contributed by atoms with Crippen molar-refractivity contribution in [3.8, 4) is 27.7 Å². The lowest BCUT2D eigenvalue weighted by atomic mass is 9.98. The van der Waals surface area contributed by atoms with Gasteiger partial charge in [0, 0.05) is 16.0 Å². The monoisotopic (exact) mass is 356 g/mol. The van der Waals surface area contributed by atoms with E-state index in [9.17, 15) is 0 Å². The van der Waals surface area contributed by atoms with Crippen LogP contribution in [-0.4, -0.2) is 17.1 Å². The van der Waals surface area contributed by atoms with Gasteiger partial charge in [-0.2, -0.15) is 4.98 Å². The van der Waals surface area contributed by atoms with Crippen LogP contribution in [0.4, 0.5) is 11.8 Å². The molecule has 25 heavy (non-hydrogen) atoms. The van der Waals surface area contributed by atoms with E-state index in [0.29, 0.717) is 11.5 Å². The molecule has 0 unspecified atom stereocenters. The van der Waals surface area contributed by atoms with Crippen LogP contribution in [0.3, 0.4) is 0 Å². The van der Waals surface area contributed by atoms with Crippen molar-refractivity contribution in [2.24, 2.45) is 0 Å². The minimum Gasteiger partial charge on any atom is -0.496 e. The molecule has 0 atom stereocenters. The molecule has 0 aliphatic heterocycles. The van der Waals surface area contributed by atoms with E-state index in [4.69, 9.17) is 20.9 Å². The molecule has 0 bridgehead atoms. The maximum atomic E-state index is 6.04. The predicted molar refractivity (Wildman–Crippen MR) is 101 cm³/mol. The molecule has 6 nitrogen and oxygen atoms in total. The fourth-order valence-corrected chi connectivity index (χ4v) is 3.25. The van der Waals surface area contributed by atoms with Crippen LogP contribution >= 0.6 is 11.3 Å². The van der Waals surface area contributed by atoms with E-state index in [-0.39, 0.29) is 17.7 Å². The van der Waals surface area contributed by atoms with Crippen molar-refractivity contribution in [3.05, 3.63) is 41.4 Å². The van der Waals surface area contributed by atoms with Gasteiger partial charge in [0.25, 0.3) is 0 Å².